The molecule has 11 heteroatoms. The molecule has 0 spiro atoms. The molecular weight excluding hydrogens is 736 g/mol. The number of hydrogen-bond acceptors (Lipinski definition) is 8. The molecule has 0 aliphatic carbocycles. The van der Waals surface area contributed by atoms with Crippen LogP contribution >= 0.6 is 0 Å². The van der Waals surface area contributed by atoms with E-state index in [1.54, 1.807) is 18.2 Å². The predicted molar refractivity (Wildman–Crippen MR) is 225 cm³/mol. The van der Waals surface area contributed by atoms with E-state index in [1.807, 2.05) is 54.6 Å². The van der Waals surface area contributed by atoms with Gasteiger partial charge in [0.1, 0.15) is 23.4 Å². The van der Waals surface area contributed by atoms with Crippen molar-refractivity contribution in [3.8, 4) is 22.6 Å². The molecule has 3 saturated heterocycles. The van der Waals surface area contributed by atoms with Gasteiger partial charge in [-0.2, -0.15) is 0 Å². The van der Waals surface area contributed by atoms with Gasteiger partial charge in [0, 0.05) is 24.5 Å². The number of nitrogens with zero attached hydrogens (tertiary/aromatic N) is 1. The van der Waals surface area contributed by atoms with Gasteiger partial charge in [-0.15, -0.1) is 0 Å². The van der Waals surface area contributed by atoms with Crippen molar-refractivity contribution in [2.75, 3.05) is 39.3 Å². The number of alkyl carbamates (subject to hydrolysis) is 1. The van der Waals surface area contributed by atoms with Crippen LogP contribution in [0.5, 0.6) is 11.5 Å². The molecule has 3 fully saturated rings. The van der Waals surface area contributed by atoms with E-state index in [2.05, 4.69) is 20.5 Å². The number of phenolic OH excluding ortho intramolecular Hbond substituents is 1. The first kappa shape index (κ1) is 40.9. The van der Waals surface area contributed by atoms with Crippen molar-refractivity contribution in [3.63, 3.8) is 0 Å². The minimum absolute atomic E-state index is 0.0216. The minimum Gasteiger partial charge on any atom is -0.506 e. The highest BCUT2D eigenvalue weighted by Gasteiger charge is 2.37. The highest BCUT2D eigenvalue weighted by Crippen LogP contribution is 2.34. The lowest BCUT2D eigenvalue weighted by Gasteiger charge is -2.43. The molecule has 5 aromatic rings. The second kappa shape index (κ2) is 20.0. The first-order valence-corrected chi connectivity index (χ1v) is 20.8. The van der Waals surface area contributed by atoms with Gasteiger partial charge in [-0.25, -0.2) is 9.18 Å². The highest BCUT2D eigenvalue weighted by atomic mass is 19.1. The van der Waals surface area contributed by atoms with Gasteiger partial charge in [0.15, 0.2) is 0 Å². The summed E-state index contributed by atoms with van der Waals surface area (Å²) in [6, 6.07) is 27.9. The van der Waals surface area contributed by atoms with Crippen molar-refractivity contribution < 1.29 is 28.9 Å². The Hall–Kier alpha value is -5.23. The molecular formula is C47H55FN4O6. The van der Waals surface area contributed by atoms with Crippen molar-refractivity contribution >= 4 is 17.0 Å². The lowest BCUT2D eigenvalue weighted by molar-refractivity contribution is -0.0336. The molecule has 3 aliphatic heterocycles. The predicted octanol–water partition coefficient (Wildman–Crippen LogP) is 8.38. The molecule has 1 aromatic heterocycles. The van der Waals surface area contributed by atoms with Gasteiger partial charge in [-0.3, -0.25) is 9.69 Å². The molecule has 2 bridgehead atoms. The number of piperidine rings is 3. The summed E-state index contributed by atoms with van der Waals surface area (Å²) >= 11 is 0. The average Bonchev–Trinajstić information content (AvgIpc) is 3.24. The van der Waals surface area contributed by atoms with Gasteiger partial charge in [-0.05, 0) is 122 Å². The number of aromatic hydroxyl groups is 1. The summed E-state index contributed by atoms with van der Waals surface area (Å²) in [5, 5.41) is 28.0. The number of benzene rings is 4. The van der Waals surface area contributed by atoms with Crippen LogP contribution in [0.4, 0.5) is 9.18 Å². The van der Waals surface area contributed by atoms with Crippen molar-refractivity contribution in [3.05, 3.63) is 130 Å². The molecule has 0 radical (unpaired) electrons. The van der Waals surface area contributed by atoms with Crippen LogP contribution in [-0.2, 0) is 4.74 Å². The van der Waals surface area contributed by atoms with Crippen LogP contribution in [0.3, 0.4) is 0 Å². The summed E-state index contributed by atoms with van der Waals surface area (Å²) < 4.78 is 26.8. The number of halogens is 1. The van der Waals surface area contributed by atoms with Crippen LogP contribution in [0, 0.1) is 11.7 Å². The number of carbonyl (C=O) groups excluding carboxylic acids is 1. The number of hydrogen-bond donors (Lipinski definition) is 5. The number of nitrogens with one attached hydrogen (secondary N) is 3. The number of aliphatic hydroxyl groups is 1. The maximum absolute atomic E-state index is 14.4. The van der Waals surface area contributed by atoms with Gasteiger partial charge in [0.25, 0.3) is 0 Å². The van der Waals surface area contributed by atoms with Crippen LogP contribution in [0.1, 0.15) is 86.6 Å². The molecule has 0 saturated carbocycles. The third-order valence-electron chi connectivity index (χ3n) is 11.5. The van der Waals surface area contributed by atoms with Gasteiger partial charge in [0.05, 0.1) is 24.3 Å². The molecule has 10 nitrogen and oxygen atoms in total. The second-order valence-corrected chi connectivity index (χ2v) is 15.7. The molecule has 1 amide bonds. The summed E-state index contributed by atoms with van der Waals surface area (Å²) in [7, 11) is 0. The number of unbranched alkanes of at least 4 members (excludes halogenated alkanes) is 6. The molecule has 8 rings (SSSR count). The van der Waals surface area contributed by atoms with E-state index >= 15 is 0 Å². The largest absolute Gasteiger partial charge is 0.506 e. The number of carbonyl (C=O) groups is 1. The van der Waals surface area contributed by atoms with Gasteiger partial charge in [-0.1, -0.05) is 80.6 Å². The maximum atomic E-state index is 14.4. The quantitative estimate of drug-likeness (QED) is 0.0527. The molecule has 5 N–H and O–H groups in total. The monoisotopic (exact) mass is 790 g/mol. The lowest BCUT2D eigenvalue weighted by atomic mass is 9.86. The summed E-state index contributed by atoms with van der Waals surface area (Å²) in [6.07, 6.45) is 8.14. The number of ether oxygens (including phenoxy) is 2. The highest BCUT2D eigenvalue weighted by molar-refractivity contribution is 5.87. The molecule has 3 unspecified atom stereocenters. The smallest absolute Gasteiger partial charge is 0.408 e. The zero-order valence-corrected chi connectivity index (χ0v) is 33.0. The zero-order chi connectivity index (χ0) is 40.3. The van der Waals surface area contributed by atoms with Crippen molar-refractivity contribution in [2.45, 2.75) is 76.0 Å². The van der Waals surface area contributed by atoms with Crippen molar-refractivity contribution in [2.24, 2.45) is 5.92 Å². The first-order chi connectivity index (χ1) is 28.3. The van der Waals surface area contributed by atoms with Crippen LogP contribution in [0.15, 0.2) is 102 Å². The van der Waals surface area contributed by atoms with Crippen molar-refractivity contribution in [1.29, 1.82) is 0 Å². The number of pyridine rings is 1. The standard InChI is InChI=1S/C47H55FN4O6/c48-37-15-11-14-34(27-37)35-26-36(45(33-12-7-6-8-13-33)51-47(56)58-43-31-52-23-20-32(43)21-24-52)29-38(28-35)57-25-10-5-3-1-2-4-9-22-49-30-42(54)39-16-18-41(53)46-40(39)17-19-44(55)50-46/h6-8,11-19,26-29,32,42-43,45,49,53-54H,1-5,9-10,20-25,30-31H2,(H,50,55)(H,51,56). The summed E-state index contributed by atoms with van der Waals surface area (Å²) in [5.41, 5.74) is 3.95. The summed E-state index contributed by atoms with van der Waals surface area (Å²) in [5.74, 6) is 0.718. The number of phenols is 1. The third-order valence-corrected chi connectivity index (χ3v) is 11.5. The van der Waals surface area contributed by atoms with Crippen LogP contribution in [0.25, 0.3) is 22.0 Å². The number of aromatic amines is 1. The number of fused-ring (bicyclic) bond motifs is 4. The Morgan fingerprint density at radius 3 is 2.38 bits per heavy atom. The SMILES string of the molecule is O=C(NC(c1ccccc1)c1cc(OCCCCCCCCCNCC(O)c2ccc(O)c3[nH]c(=O)ccc23)cc(-c2cccc(F)c2)c1)OC1CN2CCC1CC2. The topological polar surface area (TPSA) is 136 Å². The van der Waals surface area contributed by atoms with Gasteiger partial charge >= 0.3 is 6.09 Å². The number of aliphatic hydroxyl groups excluding tert-OH is 1. The third kappa shape index (κ3) is 10.8. The van der Waals surface area contributed by atoms with Crippen LogP contribution in [-0.4, -0.2) is 71.6 Å². The lowest BCUT2D eigenvalue weighted by Crippen LogP contribution is -2.52. The van der Waals surface area contributed by atoms with E-state index in [1.165, 1.54) is 24.3 Å². The van der Waals surface area contributed by atoms with E-state index in [9.17, 15) is 24.2 Å². The number of aromatic nitrogens is 1. The number of amides is 1. The van der Waals surface area contributed by atoms with Crippen LogP contribution < -0.4 is 20.9 Å². The van der Waals surface area contributed by atoms with Crippen molar-refractivity contribution in [1.82, 2.24) is 20.5 Å². The summed E-state index contributed by atoms with van der Waals surface area (Å²) in [4.78, 5) is 30.2. The van der Waals surface area contributed by atoms with Gasteiger partial charge in [0.2, 0.25) is 5.56 Å². The first-order valence-electron chi connectivity index (χ1n) is 20.8. The minimum atomic E-state index is -0.767. The molecule has 3 atom stereocenters. The average molecular weight is 791 g/mol. The van der Waals surface area contributed by atoms with E-state index in [0.717, 1.165) is 106 Å². The molecule has 4 aromatic carbocycles. The fourth-order valence-corrected chi connectivity index (χ4v) is 8.37. The maximum Gasteiger partial charge on any atom is 0.408 e. The molecule has 58 heavy (non-hydrogen) atoms. The molecule has 306 valence electrons. The molecule has 4 heterocycles. The molecule has 3 aliphatic rings. The number of rotatable bonds is 19. The normalized spacial score (nSPS) is 18.5. The van der Waals surface area contributed by atoms with E-state index in [0.29, 0.717) is 41.3 Å². The Morgan fingerprint density at radius 2 is 1.62 bits per heavy atom. The fourth-order valence-electron chi connectivity index (χ4n) is 8.37. The van der Waals surface area contributed by atoms with Gasteiger partial charge < -0.3 is 35.3 Å². The Kier molecular flexibility index (Phi) is 14.1. The Bertz CT molecular complexity index is 2170. The van der Waals surface area contributed by atoms with E-state index in [-0.39, 0.29) is 23.2 Å². The zero-order valence-electron chi connectivity index (χ0n) is 33.0. The fraction of sp³-hybridized carbons (Fsp3) is 0.404. The number of H-pyrrole nitrogens is 1. The Labute approximate surface area is 339 Å². The summed E-state index contributed by atoms with van der Waals surface area (Å²) in [6.45, 7) is 4.61. The van der Waals surface area contributed by atoms with Crippen LogP contribution in [0.2, 0.25) is 0 Å². The second-order valence-electron chi connectivity index (χ2n) is 15.7. The Balaban J connectivity index is 0.880. The Morgan fingerprint density at radius 1 is 0.845 bits per heavy atom. The van der Waals surface area contributed by atoms with E-state index < -0.39 is 18.2 Å². The van der Waals surface area contributed by atoms with E-state index in [4.69, 9.17) is 9.47 Å².